The quantitative estimate of drug-likeness (QED) is 0.781. The highest BCUT2D eigenvalue weighted by atomic mass is 32.1. The Bertz CT molecular complexity index is 293. The molecule has 0 bridgehead atoms. The Labute approximate surface area is 81.2 Å². The Morgan fingerprint density at radius 2 is 2.31 bits per heavy atom. The number of thiophene rings is 1. The van der Waals surface area contributed by atoms with E-state index < -0.39 is 17.4 Å². The first-order valence-electron chi connectivity index (χ1n) is 3.97. The van der Waals surface area contributed by atoms with Crippen LogP contribution in [0.5, 0.6) is 0 Å². The highest BCUT2D eigenvalue weighted by Crippen LogP contribution is 2.32. The molecule has 1 heterocycles. The molecule has 4 heteroatoms. The van der Waals surface area contributed by atoms with Crippen molar-refractivity contribution in [3.05, 3.63) is 22.4 Å². The zero-order chi connectivity index (χ0) is 10.1. The molecular weight excluding hydrogens is 186 g/mol. The second kappa shape index (κ2) is 3.47. The van der Waals surface area contributed by atoms with Crippen LogP contribution in [0, 0.1) is 5.41 Å². The zero-order valence-electron chi connectivity index (χ0n) is 7.65. The Hall–Kier alpha value is -0.870. The molecule has 0 aliphatic heterocycles. The average Bonchev–Trinajstić information content (AvgIpc) is 2.54. The first-order valence-corrected chi connectivity index (χ1v) is 4.91. The fourth-order valence-corrected chi connectivity index (χ4v) is 1.70. The van der Waals surface area contributed by atoms with Crippen molar-refractivity contribution in [1.82, 2.24) is 0 Å². The van der Waals surface area contributed by atoms with E-state index in [0.29, 0.717) is 0 Å². The molecule has 1 atom stereocenters. The van der Waals surface area contributed by atoms with Crippen LogP contribution in [-0.4, -0.2) is 11.1 Å². The molecule has 1 aromatic heterocycles. The molecule has 3 N–H and O–H groups in total. The summed E-state index contributed by atoms with van der Waals surface area (Å²) < 4.78 is 0. The van der Waals surface area contributed by atoms with E-state index in [-0.39, 0.29) is 0 Å². The number of aliphatic carboxylic acids is 1. The highest BCUT2D eigenvalue weighted by Gasteiger charge is 2.35. The van der Waals surface area contributed by atoms with E-state index in [4.69, 9.17) is 10.8 Å². The van der Waals surface area contributed by atoms with Crippen molar-refractivity contribution in [3.63, 3.8) is 0 Å². The Kier molecular flexibility index (Phi) is 2.73. The average molecular weight is 199 g/mol. The normalized spacial score (nSPS) is 14.1. The minimum absolute atomic E-state index is 0.448. The van der Waals surface area contributed by atoms with Crippen molar-refractivity contribution >= 4 is 17.3 Å². The van der Waals surface area contributed by atoms with Gasteiger partial charge < -0.3 is 10.8 Å². The summed E-state index contributed by atoms with van der Waals surface area (Å²) >= 11 is 1.52. The van der Waals surface area contributed by atoms with Crippen molar-refractivity contribution in [3.8, 4) is 0 Å². The second-order valence-electron chi connectivity index (χ2n) is 3.56. The standard InChI is InChI=1S/C9H13NO2S/c1-9(2,8(11)12)7(10)6-3-4-13-5-6/h3-5,7H,10H2,1-2H3,(H,11,12)/t7-/m0/s1. The fraction of sp³-hybridized carbons (Fsp3) is 0.444. The molecule has 0 amide bonds. The van der Waals surface area contributed by atoms with Crippen LogP contribution in [0.4, 0.5) is 0 Å². The third kappa shape index (κ3) is 1.89. The van der Waals surface area contributed by atoms with Crippen molar-refractivity contribution < 1.29 is 9.90 Å². The van der Waals surface area contributed by atoms with Crippen molar-refractivity contribution in [1.29, 1.82) is 0 Å². The van der Waals surface area contributed by atoms with Crippen LogP contribution in [0.15, 0.2) is 16.8 Å². The smallest absolute Gasteiger partial charge is 0.311 e. The van der Waals surface area contributed by atoms with Gasteiger partial charge in [0.1, 0.15) is 0 Å². The molecule has 0 spiro atoms. The van der Waals surface area contributed by atoms with Gasteiger partial charge in [-0.3, -0.25) is 4.79 Å². The minimum atomic E-state index is -0.916. The second-order valence-corrected chi connectivity index (χ2v) is 4.34. The van der Waals surface area contributed by atoms with Gasteiger partial charge in [-0.2, -0.15) is 11.3 Å². The van der Waals surface area contributed by atoms with Gasteiger partial charge in [-0.15, -0.1) is 0 Å². The van der Waals surface area contributed by atoms with Gasteiger partial charge in [0, 0.05) is 6.04 Å². The lowest BCUT2D eigenvalue weighted by Crippen LogP contribution is -2.36. The van der Waals surface area contributed by atoms with Gasteiger partial charge in [-0.1, -0.05) is 0 Å². The van der Waals surface area contributed by atoms with E-state index in [1.165, 1.54) is 11.3 Å². The predicted octanol–water partition coefficient (Wildman–Crippen LogP) is 1.86. The molecular formula is C9H13NO2S. The van der Waals surface area contributed by atoms with Gasteiger partial charge in [-0.05, 0) is 36.2 Å². The van der Waals surface area contributed by atoms with E-state index in [1.54, 1.807) is 13.8 Å². The predicted molar refractivity (Wildman–Crippen MR) is 52.7 cm³/mol. The molecule has 0 aromatic carbocycles. The molecule has 13 heavy (non-hydrogen) atoms. The van der Waals surface area contributed by atoms with Crippen molar-refractivity contribution in [2.24, 2.45) is 11.1 Å². The topological polar surface area (TPSA) is 63.3 Å². The monoisotopic (exact) mass is 199 g/mol. The zero-order valence-corrected chi connectivity index (χ0v) is 8.47. The number of hydrogen-bond acceptors (Lipinski definition) is 3. The SMILES string of the molecule is CC(C)(C(=O)O)[C@@H](N)c1ccsc1. The van der Waals surface area contributed by atoms with E-state index in [2.05, 4.69) is 0 Å². The van der Waals surface area contributed by atoms with Gasteiger partial charge in [0.25, 0.3) is 0 Å². The molecule has 0 saturated carbocycles. The van der Waals surface area contributed by atoms with Gasteiger partial charge in [0.05, 0.1) is 5.41 Å². The molecule has 3 nitrogen and oxygen atoms in total. The maximum Gasteiger partial charge on any atom is 0.311 e. The Morgan fingerprint density at radius 3 is 2.69 bits per heavy atom. The number of carboxylic acid groups (broad SMARTS) is 1. The molecule has 0 aliphatic rings. The summed E-state index contributed by atoms with van der Waals surface area (Å²) in [7, 11) is 0. The number of rotatable bonds is 3. The summed E-state index contributed by atoms with van der Waals surface area (Å²) in [4.78, 5) is 10.9. The molecule has 1 rings (SSSR count). The lowest BCUT2D eigenvalue weighted by atomic mass is 9.82. The lowest BCUT2D eigenvalue weighted by molar-refractivity contribution is -0.148. The summed E-state index contributed by atoms with van der Waals surface area (Å²) in [5.74, 6) is -0.869. The minimum Gasteiger partial charge on any atom is -0.481 e. The summed E-state index contributed by atoms with van der Waals surface area (Å²) in [6, 6.07) is 1.41. The van der Waals surface area contributed by atoms with Crippen molar-refractivity contribution in [2.45, 2.75) is 19.9 Å². The van der Waals surface area contributed by atoms with Crippen LogP contribution in [0.25, 0.3) is 0 Å². The van der Waals surface area contributed by atoms with Crippen LogP contribution < -0.4 is 5.73 Å². The van der Waals surface area contributed by atoms with Crippen LogP contribution in [0.3, 0.4) is 0 Å². The number of hydrogen-bond donors (Lipinski definition) is 2. The third-order valence-corrected chi connectivity index (χ3v) is 2.93. The van der Waals surface area contributed by atoms with Crippen LogP contribution in [-0.2, 0) is 4.79 Å². The van der Waals surface area contributed by atoms with E-state index >= 15 is 0 Å². The van der Waals surface area contributed by atoms with Crippen LogP contribution in [0.2, 0.25) is 0 Å². The molecule has 1 aromatic rings. The Balaban J connectivity index is 2.90. The van der Waals surface area contributed by atoms with Crippen molar-refractivity contribution in [2.75, 3.05) is 0 Å². The summed E-state index contributed by atoms with van der Waals surface area (Å²) in [5, 5.41) is 12.7. The molecule has 0 saturated heterocycles. The first kappa shape index (κ1) is 10.2. The van der Waals surface area contributed by atoms with Gasteiger partial charge in [-0.25, -0.2) is 0 Å². The summed E-state index contributed by atoms with van der Waals surface area (Å²) in [6.07, 6.45) is 0. The highest BCUT2D eigenvalue weighted by molar-refractivity contribution is 7.07. The Morgan fingerprint density at radius 1 is 1.69 bits per heavy atom. The van der Waals surface area contributed by atoms with E-state index in [9.17, 15) is 4.79 Å². The fourth-order valence-electron chi connectivity index (χ4n) is 1.00. The largest absolute Gasteiger partial charge is 0.481 e. The summed E-state index contributed by atoms with van der Waals surface area (Å²) in [5.41, 5.74) is 5.81. The summed E-state index contributed by atoms with van der Waals surface area (Å²) in [6.45, 7) is 3.27. The lowest BCUT2D eigenvalue weighted by Gasteiger charge is -2.26. The number of carboxylic acids is 1. The van der Waals surface area contributed by atoms with E-state index in [1.807, 2.05) is 16.8 Å². The first-order chi connectivity index (χ1) is 5.96. The number of carbonyl (C=O) groups is 1. The van der Waals surface area contributed by atoms with Crippen LogP contribution >= 0.6 is 11.3 Å². The maximum absolute atomic E-state index is 10.9. The van der Waals surface area contributed by atoms with Gasteiger partial charge in [0.2, 0.25) is 0 Å². The van der Waals surface area contributed by atoms with Crippen LogP contribution in [0.1, 0.15) is 25.5 Å². The van der Waals surface area contributed by atoms with Gasteiger partial charge >= 0.3 is 5.97 Å². The van der Waals surface area contributed by atoms with Gasteiger partial charge in [0.15, 0.2) is 0 Å². The number of nitrogens with two attached hydrogens (primary N) is 1. The molecule has 0 aliphatic carbocycles. The molecule has 0 radical (unpaired) electrons. The maximum atomic E-state index is 10.9. The van der Waals surface area contributed by atoms with E-state index in [0.717, 1.165) is 5.56 Å². The molecule has 0 unspecified atom stereocenters. The molecule has 72 valence electrons. The molecule has 0 fully saturated rings. The third-order valence-electron chi connectivity index (χ3n) is 2.23.